The highest BCUT2D eigenvalue weighted by atomic mass is 17.4. The van der Waals surface area contributed by atoms with Gasteiger partial charge in [-0.25, -0.2) is 0 Å². The molecule has 0 N–H and O–H groups in total. The van der Waals surface area contributed by atoms with Crippen LogP contribution in [0.15, 0.2) is 0 Å². The zero-order valence-corrected chi connectivity index (χ0v) is 4.01. The fraction of sp³-hybridized carbons (Fsp3) is 0.750. The van der Waals surface area contributed by atoms with Gasteiger partial charge >= 0.3 is 0 Å². The fourth-order valence-electron chi connectivity index (χ4n) is 0.291. The number of rotatable bonds is 2. The lowest BCUT2D eigenvalue weighted by molar-refractivity contribution is -0.108. The molecular formula is C4H6O3. The van der Waals surface area contributed by atoms with Crippen LogP contribution in [0.1, 0.15) is 13.3 Å². The summed E-state index contributed by atoms with van der Waals surface area (Å²) in [6.45, 7) is 1.71. The second-order valence-corrected chi connectivity index (χ2v) is 1.67. The highest BCUT2D eigenvalue weighted by Gasteiger charge is 2.42. The minimum Gasteiger partial charge on any atom is -0.303 e. The van der Waals surface area contributed by atoms with E-state index in [2.05, 4.69) is 9.78 Å². The van der Waals surface area contributed by atoms with E-state index >= 15 is 0 Å². The molecule has 7 heavy (non-hydrogen) atoms. The van der Waals surface area contributed by atoms with Gasteiger partial charge in [-0.15, -0.1) is 0 Å². The molecule has 0 aromatic carbocycles. The van der Waals surface area contributed by atoms with Gasteiger partial charge in [0.25, 0.3) is 0 Å². The Morgan fingerprint density at radius 2 is 2.29 bits per heavy atom. The van der Waals surface area contributed by atoms with Crippen LogP contribution in [0.5, 0.6) is 0 Å². The standard InChI is InChI=1S/C4H6O3/c1-4(2-3-5)6-7-4/h3H,2H2,1H3. The van der Waals surface area contributed by atoms with Crippen molar-refractivity contribution in [2.45, 2.75) is 19.1 Å². The number of hydrogen-bond acceptors (Lipinski definition) is 3. The fourth-order valence-corrected chi connectivity index (χ4v) is 0.291. The zero-order chi connectivity index (χ0) is 5.33. The number of aldehydes is 1. The van der Waals surface area contributed by atoms with Crippen LogP contribution in [0.4, 0.5) is 0 Å². The lowest BCUT2D eigenvalue weighted by Crippen LogP contribution is -2.02. The van der Waals surface area contributed by atoms with Crippen molar-refractivity contribution in [3.05, 3.63) is 0 Å². The third-order valence-corrected chi connectivity index (χ3v) is 0.822. The Morgan fingerprint density at radius 3 is 2.43 bits per heavy atom. The van der Waals surface area contributed by atoms with Gasteiger partial charge in [0.15, 0.2) is 0 Å². The van der Waals surface area contributed by atoms with Crippen LogP contribution in [0.3, 0.4) is 0 Å². The van der Waals surface area contributed by atoms with Crippen molar-refractivity contribution in [2.24, 2.45) is 0 Å². The van der Waals surface area contributed by atoms with Gasteiger partial charge in [0.2, 0.25) is 5.79 Å². The number of carbonyl (C=O) groups excluding carboxylic acids is 1. The van der Waals surface area contributed by atoms with Crippen LogP contribution in [0.25, 0.3) is 0 Å². The Kier molecular flexibility index (Phi) is 0.867. The Hall–Kier alpha value is -0.410. The summed E-state index contributed by atoms with van der Waals surface area (Å²) < 4.78 is 0. The van der Waals surface area contributed by atoms with Crippen LogP contribution in [-0.4, -0.2) is 12.1 Å². The highest BCUT2D eigenvalue weighted by Crippen LogP contribution is 2.30. The van der Waals surface area contributed by atoms with Crippen molar-refractivity contribution in [3.63, 3.8) is 0 Å². The molecule has 3 nitrogen and oxygen atoms in total. The lowest BCUT2D eigenvalue weighted by Gasteiger charge is -1.84. The molecule has 1 aliphatic rings. The first-order valence-corrected chi connectivity index (χ1v) is 2.07. The Bertz CT molecular complexity index is 84.9. The Morgan fingerprint density at radius 1 is 1.71 bits per heavy atom. The molecular weight excluding hydrogens is 96.0 g/mol. The van der Waals surface area contributed by atoms with E-state index in [0.29, 0.717) is 6.42 Å². The van der Waals surface area contributed by atoms with Crippen molar-refractivity contribution in [3.8, 4) is 0 Å². The smallest absolute Gasteiger partial charge is 0.238 e. The molecule has 1 heterocycles. The second-order valence-electron chi connectivity index (χ2n) is 1.67. The molecule has 0 aliphatic carbocycles. The van der Waals surface area contributed by atoms with Gasteiger partial charge in [0, 0.05) is 0 Å². The van der Waals surface area contributed by atoms with E-state index < -0.39 is 5.79 Å². The lowest BCUT2D eigenvalue weighted by atomic mass is 10.3. The molecule has 0 bridgehead atoms. The summed E-state index contributed by atoms with van der Waals surface area (Å²) in [6.07, 6.45) is 1.10. The highest BCUT2D eigenvalue weighted by molar-refractivity contribution is 5.51. The van der Waals surface area contributed by atoms with Crippen molar-refractivity contribution >= 4 is 6.29 Å². The van der Waals surface area contributed by atoms with E-state index in [4.69, 9.17) is 0 Å². The summed E-state index contributed by atoms with van der Waals surface area (Å²) in [6, 6.07) is 0. The predicted octanol–water partition coefficient (Wildman–Crippen LogP) is 0.253. The maximum atomic E-state index is 9.70. The SMILES string of the molecule is CC1(CC=O)OO1. The minimum absolute atomic E-state index is 0.326. The molecule has 0 radical (unpaired) electrons. The molecule has 0 amide bonds. The average Bonchev–Trinajstić information content (AvgIpc) is 2.22. The summed E-state index contributed by atoms with van der Waals surface area (Å²) in [4.78, 5) is 18.5. The average molecular weight is 102 g/mol. The molecule has 3 heteroatoms. The normalized spacial score (nSPS) is 24.1. The Balaban J connectivity index is 2.25. The molecule has 0 atom stereocenters. The van der Waals surface area contributed by atoms with Crippen LogP contribution in [0, 0.1) is 0 Å². The van der Waals surface area contributed by atoms with Crippen LogP contribution < -0.4 is 0 Å². The molecule has 0 aromatic rings. The van der Waals surface area contributed by atoms with Gasteiger partial charge in [-0.1, -0.05) is 0 Å². The van der Waals surface area contributed by atoms with Crippen molar-refractivity contribution in [1.82, 2.24) is 0 Å². The van der Waals surface area contributed by atoms with Crippen molar-refractivity contribution in [1.29, 1.82) is 0 Å². The molecule has 0 saturated carbocycles. The van der Waals surface area contributed by atoms with E-state index in [1.54, 1.807) is 6.92 Å². The maximum Gasteiger partial charge on any atom is 0.238 e. The summed E-state index contributed by atoms with van der Waals surface area (Å²) >= 11 is 0. The molecule has 1 fully saturated rings. The first-order chi connectivity index (χ1) is 3.27. The van der Waals surface area contributed by atoms with Crippen LogP contribution in [-0.2, 0) is 14.6 Å². The largest absolute Gasteiger partial charge is 0.303 e. The minimum atomic E-state index is -0.568. The number of hydrogen-bond donors (Lipinski definition) is 0. The summed E-state index contributed by atoms with van der Waals surface area (Å²) in [5, 5.41) is 0. The maximum absolute atomic E-state index is 9.70. The van der Waals surface area contributed by atoms with Crippen LogP contribution >= 0.6 is 0 Å². The van der Waals surface area contributed by atoms with E-state index in [1.165, 1.54) is 0 Å². The summed E-state index contributed by atoms with van der Waals surface area (Å²) in [5.74, 6) is -0.568. The summed E-state index contributed by atoms with van der Waals surface area (Å²) in [7, 11) is 0. The molecule has 0 spiro atoms. The molecule has 1 saturated heterocycles. The van der Waals surface area contributed by atoms with Gasteiger partial charge in [-0.2, -0.15) is 9.78 Å². The third-order valence-electron chi connectivity index (χ3n) is 0.822. The second kappa shape index (κ2) is 1.28. The molecule has 0 aromatic heterocycles. The van der Waals surface area contributed by atoms with E-state index in [9.17, 15) is 4.79 Å². The van der Waals surface area contributed by atoms with Gasteiger partial charge in [-0.3, -0.25) is 0 Å². The molecule has 1 rings (SSSR count). The topological polar surface area (TPSA) is 42.1 Å². The van der Waals surface area contributed by atoms with Gasteiger partial charge < -0.3 is 4.79 Å². The van der Waals surface area contributed by atoms with Gasteiger partial charge in [-0.05, 0) is 6.92 Å². The number of carbonyl (C=O) groups is 1. The third kappa shape index (κ3) is 0.976. The molecule has 40 valence electrons. The monoisotopic (exact) mass is 102 g/mol. The van der Waals surface area contributed by atoms with E-state index in [0.717, 1.165) is 6.29 Å². The summed E-state index contributed by atoms with van der Waals surface area (Å²) in [5.41, 5.74) is 0. The molecule has 1 aliphatic heterocycles. The Labute approximate surface area is 41.1 Å². The predicted molar refractivity (Wildman–Crippen MR) is 21.3 cm³/mol. The quantitative estimate of drug-likeness (QED) is 0.285. The van der Waals surface area contributed by atoms with Gasteiger partial charge in [0.05, 0.1) is 6.42 Å². The first-order valence-electron chi connectivity index (χ1n) is 2.07. The van der Waals surface area contributed by atoms with Gasteiger partial charge in [0.1, 0.15) is 6.29 Å². The van der Waals surface area contributed by atoms with Crippen LogP contribution in [0.2, 0.25) is 0 Å². The van der Waals surface area contributed by atoms with E-state index in [1.807, 2.05) is 0 Å². The van der Waals surface area contributed by atoms with Crippen molar-refractivity contribution in [2.75, 3.05) is 0 Å². The molecule has 0 unspecified atom stereocenters. The van der Waals surface area contributed by atoms with E-state index in [-0.39, 0.29) is 0 Å². The van der Waals surface area contributed by atoms with Crippen molar-refractivity contribution < 1.29 is 14.6 Å². The zero-order valence-electron chi connectivity index (χ0n) is 4.01. The first kappa shape index (κ1) is 4.74.